The quantitative estimate of drug-likeness (QED) is 0.422. The molecule has 0 fully saturated rings. The van der Waals surface area contributed by atoms with Crippen LogP contribution in [0.5, 0.6) is 0 Å². The van der Waals surface area contributed by atoms with Gasteiger partial charge in [-0.15, -0.1) is 0 Å². The van der Waals surface area contributed by atoms with E-state index in [0.29, 0.717) is 6.54 Å². The number of carboxylic acids is 2. The van der Waals surface area contributed by atoms with Crippen LogP contribution in [0, 0.1) is 0 Å². The average Bonchev–Trinajstić information content (AvgIpc) is 2.75. The summed E-state index contributed by atoms with van der Waals surface area (Å²) in [6, 6.07) is 12.8. The summed E-state index contributed by atoms with van der Waals surface area (Å²) < 4.78 is 0. The highest BCUT2D eigenvalue weighted by atomic mass is 16.4. The highest BCUT2D eigenvalue weighted by Gasteiger charge is 2.21. The summed E-state index contributed by atoms with van der Waals surface area (Å²) in [6.45, 7) is 0.444. The number of nitrogens with zero attached hydrogens (tertiary/aromatic N) is 2. The van der Waals surface area contributed by atoms with Crippen molar-refractivity contribution in [3.05, 3.63) is 66.0 Å². The van der Waals surface area contributed by atoms with Crippen molar-refractivity contribution < 1.29 is 24.6 Å². The molecule has 0 saturated heterocycles. The van der Waals surface area contributed by atoms with Crippen LogP contribution in [-0.4, -0.2) is 44.1 Å². The van der Waals surface area contributed by atoms with Gasteiger partial charge in [0.1, 0.15) is 6.04 Å². The first-order valence-corrected chi connectivity index (χ1v) is 9.22. The molecule has 0 aliphatic rings. The lowest BCUT2D eigenvalue weighted by atomic mass is 10.1. The molecule has 0 spiro atoms. The van der Waals surface area contributed by atoms with Crippen LogP contribution in [0.3, 0.4) is 0 Å². The van der Waals surface area contributed by atoms with Gasteiger partial charge in [-0.05, 0) is 42.8 Å². The molecule has 9 heteroatoms. The molecule has 3 rings (SSSR count). The Morgan fingerprint density at radius 3 is 2.33 bits per heavy atom. The molecule has 9 nitrogen and oxygen atoms in total. The summed E-state index contributed by atoms with van der Waals surface area (Å²) in [7, 11) is 0. The Kier molecular flexibility index (Phi) is 6.53. The molecule has 0 bridgehead atoms. The number of para-hydroxylation sites is 2. The summed E-state index contributed by atoms with van der Waals surface area (Å²) >= 11 is 0. The summed E-state index contributed by atoms with van der Waals surface area (Å²) in [5.74, 6) is -2.99. The van der Waals surface area contributed by atoms with Gasteiger partial charge in [0.25, 0.3) is 5.91 Å². The summed E-state index contributed by atoms with van der Waals surface area (Å²) in [4.78, 5) is 43.0. The minimum absolute atomic E-state index is 0.192. The number of hydrogen-bond acceptors (Lipinski definition) is 6. The Morgan fingerprint density at radius 2 is 1.67 bits per heavy atom. The third-order valence-corrected chi connectivity index (χ3v) is 4.37. The largest absolute Gasteiger partial charge is 0.481 e. The molecule has 1 amide bonds. The van der Waals surface area contributed by atoms with Crippen LogP contribution in [-0.2, 0) is 16.1 Å². The summed E-state index contributed by atoms with van der Waals surface area (Å²) in [5, 5.41) is 23.4. The topological polar surface area (TPSA) is 142 Å². The molecule has 154 valence electrons. The second kappa shape index (κ2) is 9.46. The van der Waals surface area contributed by atoms with E-state index in [4.69, 9.17) is 10.2 Å². The molecular weight excluding hydrogens is 388 g/mol. The lowest BCUT2D eigenvalue weighted by Crippen LogP contribution is -2.41. The molecule has 1 atom stereocenters. The lowest BCUT2D eigenvalue weighted by molar-refractivity contribution is -0.140. The van der Waals surface area contributed by atoms with Crippen LogP contribution in [0.15, 0.2) is 54.7 Å². The van der Waals surface area contributed by atoms with Gasteiger partial charge >= 0.3 is 11.9 Å². The van der Waals surface area contributed by atoms with Gasteiger partial charge in [0.2, 0.25) is 0 Å². The fourth-order valence-electron chi connectivity index (χ4n) is 2.78. The zero-order valence-electron chi connectivity index (χ0n) is 15.9. The molecule has 0 radical (unpaired) electrons. The average molecular weight is 408 g/mol. The number of carboxylic acid groups (broad SMARTS) is 2. The zero-order chi connectivity index (χ0) is 21.5. The third kappa shape index (κ3) is 5.51. The van der Waals surface area contributed by atoms with Crippen molar-refractivity contribution in [3.63, 3.8) is 0 Å². The molecular formula is C21H20N4O5. The highest BCUT2D eigenvalue weighted by Crippen LogP contribution is 2.13. The molecule has 1 unspecified atom stereocenters. The number of hydrogen-bond donors (Lipinski definition) is 4. The van der Waals surface area contributed by atoms with Crippen LogP contribution in [0.2, 0.25) is 0 Å². The van der Waals surface area contributed by atoms with E-state index < -0.39 is 23.9 Å². The smallest absolute Gasteiger partial charge is 0.326 e. The van der Waals surface area contributed by atoms with E-state index in [-0.39, 0.29) is 18.4 Å². The zero-order valence-corrected chi connectivity index (χ0v) is 15.9. The van der Waals surface area contributed by atoms with Gasteiger partial charge in [0.05, 0.1) is 29.5 Å². The number of carbonyl (C=O) groups is 3. The number of anilines is 1. The third-order valence-electron chi connectivity index (χ3n) is 4.37. The van der Waals surface area contributed by atoms with Gasteiger partial charge in [0.15, 0.2) is 0 Å². The number of fused-ring (bicyclic) bond motifs is 1. The first kappa shape index (κ1) is 20.7. The monoisotopic (exact) mass is 408 g/mol. The van der Waals surface area contributed by atoms with Crippen LogP contribution >= 0.6 is 0 Å². The molecule has 2 aromatic carbocycles. The van der Waals surface area contributed by atoms with E-state index in [9.17, 15) is 14.4 Å². The number of amides is 1. The summed E-state index contributed by atoms with van der Waals surface area (Å²) in [6.07, 6.45) is 1.15. The van der Waals surface area contributed by atoms with Crippen LogP contribution in [0.1, 0.15) is 28.9 Å². The van der Waals surface area contributed by atoms with Gasteiger partial charge in [-0.2, -0.15) is 0 Å². The first-order valence-electron chi connectivity index (χ1n) is 9.22. The first-order chi connectivity index (χ1) is 14.4. The summed E-state index contributed by atoms with van der Waals surface area (Å²) in [5.41, 5.74) is 3.41. The maximum atomic E-state index is 12.3. The number of aromatic nitrogens is 2. The van der Waals surface area contributed by atoms with E-state index in [1.807, 2.05) is 24.3 Å². The fourth-order valence-corrected chi connectivity index (χ4v) is 2.78. The van der Waals surface area contributed by atoms with E-state index in [1.165, 1.54) is 0 Å². The van der Waals surface area contributed by atoms with E-state index >= 15 is 0 Å². The normalized spacial score (nSPS) is 11.6. The van der Waals surface area contributed by atoms with Gasteiger partial charge in [-0.1, -0.05) is 12.1 Å². The molecule has 30 heavy (non-hydrogen) atoms. The van der Waals surface area contributed by atoms with Crippen molar-refractivity contribution in [2.45, 2.75) is 25.4 Å². The molecule has 0 aliphatic heterocycles. The van der Waals surface area contributed by atoms with Gasteiger partial charge in [0, 0.05) is 17.7 Å². The van der Waals surface area contributed by atoms with E-state index in [0.717, 1.165) is 22.4 Å². The van der Waals surface area contributed by atoms with Crippen LogP contribution < -0.4 is 10.6 Å². The van der Waals surface area contributed by atoms with Gasteiger partial charge in [-0.25, -0.2) is 9.78 Å². The number of rotatable bonds is 9. The van der Waals surface area contributed by atoms with E-state index in [2.05, 4.69) is 20.6 Å². The minimum atomic E-state index is -1.28. The van der Waals surface area contributed by atoms with Crippen molar-refractivity contribution in [2.75, 3.05) is 5.32 Å². The second-order valence-corrected chi connectivity index (χ2v) is 6.58. The Labute approximate surface area is 171 Å². The number of benzene rings is 2. The van der Waals surface area contributed by atoms with Crippen molar-refractivity contribution in [2.24, 2.45) is 0 Å². The van der Waals surface area contributed by atoms with Crippen molar-refractivity contribution in [1.82, 2.24) is 15.3 Å². The number of carbonyl (C=O) groups excluding carboxylic acids is 1. The standard InChI is InChI=1S/C21H20N4O5/c26-19(27)10-9-18(21(29)30)25-20(28)13-5-7-14(8-6-13)22-11-15-12-23-16-3-1-2-4-17(16)24-15/h1-8,12,18,22H,9-11H2,(H,25,28)(H,26,27)(H,29,30). The second-order valence-electron chi connectivity index (χ2n) is 6.58. The van der Waals surface area contributed by atoms with Crippen LogP contribution in [0.25, 0.3) is 11.0 Å². The Balaban J connectivity index is 1.58. The minimum Gasteiger partial charge on any atom is -0.481 e. The van der Waals surface area contributed by atoms with E-state index in [1.54, 1.807) is 30.5 Å². The van der Waals surface area contributed by atoms with Crippen molar-refractivity contribution in [1.29, 1.82) is 0 Å². The SMILES string of the molecule is O=C(O)CCC(NC(=O)c1ccc(NCc2cnc3ccccc3n2)cc1)C(=O)O. The molecule has 1 heterocycles. The fraction of sp³-hybridized carbons (Fsp3) is 0.190. The maximum Gasteiger partial charge on any atom is 0.326 e. The predicted octanol–water partition coefficient (Wildman–Crippen LogP) is 2.29. The van der Waals surface area contributed by atoms with Gasteiger partial charge < -0.3 is 20.8 Å². The van der Waals surface area contributed by atoms with Gasteiger partial charge in [-0.3, -0.25) is 14.6 Å². The van der Waals surface area contributed by atoms with Crippen molar-refractivity contribution in [3.8, 4) is 0 Å². The van der Waals surface area contributed by atoms with Crippen LogP contribution in [0.4, 0.5) is 5.69 Å². The molecule has 1 aromatic heterocycles. The number of nitrogens with one attached hydrogen (secondary N) is 2. The Bertz CT molecular complexity index is 1070. The molecule has 4 N–H and O–H groups in total. The number of aliphatic carboxylic acids is 2. The molecule has 3 aromatic rings. The highest BCUT2D eigenvalue weighted by molar-refractivity contribution is 5.96. The Morgan fingerprint density at radius 1 is 0.967 bits per heavy atom. The molecule has 0 saturated carbocycles. The Hall–Kier alpha value is -4.01. The predicted molar refractivity (Wildman–Crippen MR) is 109 cm³/mol. The maximum absolute atomic E-state index is 12.3. The van der Waals surface area contributed by atoms with Crippen molar-refractivity contribution >= 4 is 34.6 Å². The lowest BCUT2D eigenvalue weighted by Gasteiger charge is -2.14. The molecule has 0 aliphatic carbocycles.